The van der Waals surface area contributed by atoms with Gasteiger partial charge in [-0.1, -0.05) is 23.4 Å². The van der Waals surface area contributed by atoms with Crippen LogP contribution < -0.4 is 16.4 Å². The predicted molar refractivity (Wildman–Crippen MR) is 128 cm³/mol. The topological polar surface area (TPSA) is 146 Å². The third-order valence-corrected chi connectivity index (χ3v) is 5.56. The van der Waals surface area contributed by atoms with E-state index < -0.39 is 11.8 Å². The van der Waals surface area contributed by atoms with Crippen LogP contribution in [-0.4, -0.2) is 52.5 Å². The molecule has 1 aliphatic rings. The van der Waals surface area contributed by atoms with Crippen molar-refractivity contribution in [1.29, 1.82) is 0 Å². The number of carbonyl (C=O) groups excluding carboxylic acids is 1. The van der Waals surface area contributed by atoms with E-state index in [1.165, 1.54) is 18.4 Å². The lowest BCUT2D eigenvalue weighted by molar-refractivity contribution is -0.148. The van der Waals surface area contributed by atoms with Crippen LogP contribution in [0.2, 0.25) is 0 Å². The summed E-state index contributed by atoms with van der Waals surface area (Å²) in [6.45, 7) is 0.703. The summed E-state index contributed by atoms with van der Waals surface area (Å²) in [5.41, 5.74) is 12.7. The van der Waals surface area contributed by atoms with Crippen molar-refractivity contribution in [1.82, 2.24) is 15.1 Å². The minimum absolute atomic E-state index is 0.0395. The molecule has 188 valence electrons. The maximum Gasteiger partial charge on any atom is 0.319 e. The first-order valence-corrected chi connectivity index (χ1v) is 11.3. The van der Waals surface area contributed by atoms with Gasteiger partial charge in [-0.2, -0.15) is 0 Å². The number of hydrogen-bond acceptors (Lipinski definition) is 10. The van der Waals surface area contributed by atoms with Crippen LogP contribution in [0.3, 0.4) is 0 Å². The Balaban J connectivity index is 1.55. The first kappa shape index (κ1) is 24.9. The number of anilines is 1. The highest BCUT2D eigenvalue weighted by Gasteiger charge is 2.25. The Morgan fingerprint density at radius 2 is 2.00 bits per heavy atom. The van der Waals surface area contributed by atoms with E-state index in [2.05, 4.69) is 20.1 Å². The summed E-state index contributed by atoms with van der Waals surface area (Å²) in [5, 5.41) is 3.88. The second-order valence-electron chi connectivity index (χ2n) is 8.02. The number of hydrogen-bond donors (Lipinski definition) is 2. The number of ether oxygens (including phenoxy) is 1. The van der Waals surface area contributed by atoms with Gasteiger partial charge in [-0.25, -0.2) is 18.7 Å². The molecule has 0 saturated carbocycles. The third kappa shape index (κ3) is 6.08. The number of halogens is 2. The minimum Gasteiger partial charge on any atom is -0.461 e. The number of esters is 1. The highest BCUT2D eigenvalue weighted by Crippen LogP contribution is 2.23. The smallest absolute Gasteiger partial charge is 0.319 e. The standard InChI is InChI=1S/C24H25F2N7O3/c25-17-4-2-1-3-15(17)13-29-21(20-7-10-35-32-20)11-19(28)23-30-14-18(26)24(31-23)33-8-5-16(6-9-33)36-22(34)12-27/h1-4,7,10-11,14,16H,5-6,8-9,12-13,27-28H2. The molecule has 0 amide bonds. The highest BCUT2D eigenvalue weighted by molar-refractivity contribution is 6.10. The number of aliphatic imine (C=N–C) groups is 1. The Labute approximate surface area is 205 Å². The summed E-state index contributed by atoms with van der Waals surface area (Å²) in [6, 6.07) is 7.87. The zero-order valence-corrected chi connectivity index (χ0v) is 19.3. The average Bonchev–Trinajstić information content (AvgIpc) is 3.43. The molecule has 0 atom stereocenters. The minimum atomic E-state index is -0.603. The first-order chi connectivity index (χ1) is 17.4. The van der Waals surface area contributed by atoms with Crippen LogP contribution in [0.15, 0.2) is 58.4 Å². The molecule has 0 bridgehead atoms. The summed E-state index contributed by atoms with van der Waals surface area (Å²) >= 11 is 0. The summed E-state index contributed by atoms with van der Waals surface area (Å²) in [4.78, 5) is 25.9. The zero-order chi connectivity index (χ0) is 25.5. The van der Waals surface area contributed by atoms with Crippen molar-refractivity contribution in [3.63, 3.8) is 0 Å². The lowest BCUT2D eigenvalue weighted by atomic mass is 10.1. The van der Waals surface area contributed by atoms with Gasteiger partial charge in [-0.15, -0.1) is 0 Å². The van der Waals surface area contributed by atoms with E-state index in [4.69, 9.17) is 20.7 Å². The van der Waals surface area contributed by atoms with E-state index in [1.54, 1.807) is 29.2 Å². The Morgan fingerprint density at radius 3 is 2.69 bits per heavy atom. The predicted octanol–water partition coefficient (Wildman–Crippen LogP) is 2.20. The molecule has 1 fully saturated rings. The quantitative estimate of drug-likeness (QED) is 0.353. The molecular formula is C24H25F2N7O3. The molecule has 4 N–H and O–H groups in total. The van der Waals surface area contributed by atoms with Crippen LogP contribution in [0.25, 0.3) is 5.70 Å². The molecule has 0 aliphatic carbocycles. The Kier molecular flexibility index (Phi) is 7.95. The molecule has 0 radical (unpaired) electrons. The van der Waals surface area contributed by atoms with Crippen molar-refractivity contribution < 1.29 is 22.8 Å². The van der Waals surface area contributed by atoms with Crippen LogP contribution in [0.5, 0.6) is 0 Å². The molecule has 0 unspecified atom stereocenters. The largest absolute Gasteiger partial charge is 0.461 e. The van der Waals surface area contributed by atoms with Gasteiger partial charge in [0.2, 0.25) is 0 Å². The van der Waals surface area contributed by atoms with Crippen LogP contribution in [0.4, 0.5) is 14.6 Å². The van der Waals surface area contributed by atoms with Gasteiger partial charge in [0.25, 0.3) is 0 Å². The first-order valence-electron chi connectivity index (χ1n) is 11.3. The van der Waals surface area contributed by atoms with Gasteiger partial charge in [0.1, 0.15) is 23.9 Å². The summed E-state index contributed by atoms with van der Waals surface area (Å²) in [5.74, 6) is -1.28. The molecule has 4 rings (SSSR count). The number of aromatic nitrogens is 3. The van der Waals surface area contributed by atoms with E-state index in [9.17, 15) is 13.6 Å². The third-order valence-electron chi connectivity index (χ3n) is 5.56. The maximum absolute atomic E-state index is 14.6. The number of benzene rings is 1. The average molecular weight is 498 g/mol. The second kappa shape index (κ2) is 11.5. The Bertz CT molecular complexity index is 1260. The molecule has 2 aromatic heterocycles. The van der Waals surface area contributed by atoms with Gasteiger partial charge in [0, 0.05) is 37.6 Å². The SMILES string of the molecule is NCC(=O)OC1CCN(c2nc(C(N)=CC(=NCc3ccccc3F)c3ccon3)ncc2F)CC1. The molecule has 3 aromatic rings. The van der Waals surface area contributed by atoms with E-state index in [-0.39, 0.29) is 42.4 Å². The van der Waals surface area contributed by atoms with E-state index in [1.807, 2.05) is 0 Å². The van der Waals surface area contributed by atoms with Crippen molar-refractivity contribution >= 4 is 23.2 Å². The van der Waals surface area contributed by atoms with Gasteiger partial charge >= 0.3 is 5.97 Å². The van der Waals surface area contributed by atoms with Crippen molar-refractivity contribution in [2.75, 3.05) is 24.5 Å². The molecular weight excluding hydrogens is 472 g/mol. The summed E-state index contributed by atoms with van der Waals surface area (Å²) in [7, 11) is 0. The van der Waals surface area contributed by atoms with Crippen molar-refractivity contribution in [2.24, 2.45) is 16.5 Å². The Hall–Kier alpha value is -4.19. The maximum atomic E-state index is 14.6. The fraction of sp³-hybridized carbons (Fsp3) is 0.292. The second-order valence-corrected chi connectivity index (χ2v) is 8.02. The van der Waals surface area contributed by atoms with Crippen LogP contribution >= 0.6 is 0 Å². The normalized spacial score (nSPS) is 15.2. The van der Waals surface area contributed by atoms with Crippen molar-refractivity contribution in [3.05, 3.63) is 77.6 Å². The summed E-state index contributed by atoms with van der Waals surface area (Å²) < 4.78 is 38.8. The highest BCUT2D eigenvalue weighted by atomic mass is 19.1. The van der Waals surface area contributed by atoms with Crippen LogP contribution in [-0.2, 0) is 16.1 Å². The molecule has 1 saturated heterocycles. The molecule has 1 aromatic carbocycles. The van der Waals surface area contributed by atoms with E-state index >= 15 is 0 Å². The van der Waals surface area contributed by atoms with Crippen molar-refractivity contribution in [3.8, 4) is 0 Å². The number of rotatable bonds is 8. The van der Waals surface area contributed by atoms with Crippen molar-refractivity contribution in [2.45, 2.75) is 25.5 Å². The molecule has 10 nitrogen and oxygen atoms in total. The molecule has 12 heteroatoms. The Morgan fingerprint density at radius 1 is 1.22 bits per heavy atom. The van der Waals surface area contributed by atoms with Gasteiger partial charge in [0.05, 0.1) is 30.7 Å². The number of piperidine rings is 1. The lowest BCUT2D eigenvalue weighted by Crippen LogP contribution is -2.39. The van der Waals surface area contributed by atoms with Gasteiger partial charge in [-0.3, -0.25) is 9.79 Å². The lowest BCUT2D eigenvalue weighted by Gasteiger charge is -2.32. The number of carbonyl (C=O) groups is 1. The van der Waals surface area contributed by atoms with Gasteiger partial charge in [-0.05, 0) is 12.1 Å². The molecule has 0 spiro atoms. The number of nitrogens with two attached hydrogens (primary N) is 2. The van der Waals surface area contributed by atoms with Gasteiger partial charge < -0.3 is 25.6 Å². The van der Waals surface area contributed by atoms with E-state index in [0.717, 1.165) is 6.20 Å². The fourth-order valence-corrected chi connectivity index (χ4v) is 3.69. The van der Waals surface area contributed by atoms with E-state index in [0.29, 0.717) is 42.9 Å². The van der Waals surface area contributed by atoms with Crippen LogP contribution in [0.1, 0.15) is 29.9 Å². The number of allylic oxidation sites excluding steroid dienone is 1. The fourth-order valence-electron chi connectivity index (χ4n) is 3.69. The zero-order valence-electron chi connectivity index (χ0n) is 19.3. The molecule has 1 aliphatic heterocycles. The summed E-state index contributed by atoms with van der Waals surface area (Å²) in [6.07, 6.45) is 4.64. The monoisotopic (exact) mass is 497 g/mol. The molecule has 36 heavy (non-hydrogen) atoms. The molecule has 3 heterocycles. The van der Waals surface area contributed by atoms with Crippen LogP contribution in [0, 0.1) is 11.6 Å². The van der Waals surface area contributed by atoms with Gasteiger partial charge in [0.15, 0.2) is 17.5 Å². The number of nitrogens with zero attached hydrogens (tertiary/aromatic N) is 5.